The van der Waals surface area contributed by atoms with Crippen LogP contribution in [0.1, 0.15) is 24.5 Å². The summed E-state index contributed by atoms with van der Waals surface area (Å²) >= 11 is 0. The van der Waals surface area contributed by atoms with Gasteiger partial charge in [0.05, 0.1) is 6.10 Å². The summed E-state index contributed by atoms with van der Waals surface area (Å²) in [7, 11) is 0. The fourth-order valence-electron chi connectivity index (χ4n) is 1.89. The Morgan fingerprint density at radius 3 is 1.91 bits per heavy atom. The first-order valence-corrected chi connectivity index (χ1v) is 6.50. The Morgan fingerprint density at radius 2 is 1.45 bits per heavy atom. The number of carbonyl (C=O) groups is 3. The summed E-state index contributed by atoms with van der Waals surface area (Å²) < 4.78 is 0. The van der Waals surface area contributed by atoms with Gasteiger partial charge < -0.3 is 20.4 Å². The number of benzene rings is 1. The molecule has 22 heavy (non-hydrogen) atoms. The summed E-state index contributed by atoms with van der Waals surface area (Å²) in [5, 5.41) is 38.5. The molecular formula is C14H17NO7. The molecule has 0 aliphatic rings. The summed E-state index contributed by atoms with van der Waals surface area (Å²) in [6.07, 6.45) is -1.000. The van der Waals surface area contributed by atoms with Crippen LogP contribution in [-0.4, -0.2) is 50.4 Å². The average molecular weight is 311 g/mol. The van der Waals surface area contributed by atoms with Crippen LogP contribution in [0.25, 0.3) is 0 Å². The molecule has 0 fully saturated rings. The van der Waals surface area contributed by atoms with E-state index in [9.17, 15) is 19.5 Å². The van der Waals surface area contributed by atoms with E-state index in [-0.39, 0.29) is 12.8 Å². The van der Waals surface area contributed by atoms with Crippen molar-refractivity contribution in [3.63, 3.8) is 0 Å². The maximum Gasteiger partial charge on any atom is 0.332 e. The number of aliphatic carboxylic acids is 3. The van der Waals surface area contributed by atoms with Crippen LogP contribution in [0.2, 0.25) is 0 Å². The number of hydrogen-bond acceptors (Lipinski definition) is 5. The van der Waals surface area contributed by atoms with Gasteiger partial charge in [0, 0.05) is 0 Å². The Balaban J connectivity index is 2.67. The third-order valence-corrected chi connectivity index (χ3v) is 3.07. The SMILES string of the molecule is O=C(O)C(CCC(O)c1ccccc1)NC(C(=O)O)C(=O)O. The van der Waals surface area contributed by atoms with Crippen LogP contribution >= 0.6 is 0 Å². The van der Waals surface area contributed by atoms with Crippen LogP contribution in [0.5, 0.6) is 0 Å². The van der Waals surface area contributed by atoms with Crippen molar-refractivity contribution in [3.8, 4) is 0 Å². The van der Waals surface area contributed by atoms with E-state index in [1.54, 1.807) is 30.3 Å². The number of carboxylic acid groups (broad SMARTS) is 3. The lowest BCUT2D eigenvalue weighted by atomic mass is 10.0. The molecule has 1 rings (SSSR count). The van der Waals surface area contributed by atoms with Crippen LogP contribution in [-0.2, 0) is 14.4 Å². The molecule has 0 amide bonds. The second-order valence-corrected chi connectivity index (χ2v) is 4.67. The molecule has 0 aliphatic heterocycles. The summed E-state index contributed by atoms with van der Waals surface area (Å²) in [4.78, 5) is 32.6. The van der Waals surface area contributed by atoms with Crippen molar-refractivity contribution >= 4 is 17.9 Å². The van der Waals surface area contributed by atoms with Gasteiger partial charge >= 0.3 is 17.9 Å². The van der Waals surface area contributed by atoms with Gasteiger partial charge in [0.25, 0.3) is 0 Å². The normalized spacial score (nSPS) is 13.5. The molecule has 120 valence electrons. The minimum atomic E-state index is -2.02. The minimum absolute atomic E-state index is 0.0416. The molecule has 0 saturated carbocycles. The predicted octanol–water partition coefficient (Wildman–Crippen LogP) is 0.0808. The Bertz CT molecular complexity index is 517. The topological polar surface area (TPSA) is 144 Å². The van der Waals surface area contributed by atoms with Crippen LogP contribution < -0.4 is 5.32 Å². The number of nitrogens with one attached hydrogen (secondary N) is 1. The van der Waals surface area contributed by atoms with Crippen molar-refractivity contribution in [2.75, 3.05) is 0 Å². The molecule has 0 aromatic heterocycles. The molecular weight excluding hydrogens is 294 g/mol. The molecule has 5 N–H and O–H groups in total. The molecule has 2 atom stereocenters. The lowest BCUT2D eigenvalue weighted by Gasteiger charge is -2.19. The van der Waals surface area contributed by atoms with E-state index in [1.807, 2.05) is 5.32 Å². The molecule has 0 spiro atoms. The van der Waals surface area contributed by atoms with Gasteiger partial charge in [-0.3, -0.25) is 10.1 Å². The van der Waals surface area contributed by atoms with E-state index in [1.165, 1.54) is 0 Å². The second-order valence-electron chi connectivity index (χ2n) is 4.67. The molecule has 0 bridgehead atoms. The highest BCUT2D eigenvalue weighted by Gasteiger charge is 2.31. The zero-order valence-electron chi connectivity index (χ0n) is 11.5. The third kappa shape index (κ3) is 5.15. The molecule has 1 aromatic rings. The van der Waals surface area contributed by atoms with Crippen molar-refractivity contribution in [1.82, 2.24) is 5.32 Å². The zero-order chi connectivity index (χ0) is 16.7. The molecule has 0 saturated heterocycles. The zero-order valence-corrected chi connectivity index (χ0v) is 11.5. The van der Waals surface area contributed by atoms with Gasteiger partial charge in [-0.2, -0.15) is 0 Å². The fourth-order valence-corrected chi connectivity index (χ4v) is 1.89. The fraction of sp³-hybridized carbons (Fsp3) is 0.357. The van der Waals surface area contributed by atoms with E-state index in [4.69, 9.17) is 15.3 Å². The van der Waals surface area contributed by atoms with Crippen LogP contribution in [0.4, 0.5) is 0 Å². The Labute approximate surface area is 126 Å². The molecule has 0 heterocycles. The van der Waals surface area contributed by atoms with Gasteiger partial charge in [-0.15, -0.1) is 0 Å². The van der Waals surface area contributed by atoms with Gasteiger partial charge in [0.15, 0.2) is 0 Å². The first-order chi connectivity index (χ1) is 10.3. The number of aliphatic hydroxyl groups is 1. The Morgan fingerprint density at radius 1 is 0.909 bits per heavy atom. The van der Waals surface area contributed by atoms with Gasteiger partial charge in [-0.05, 0) is 18.4 Å². The molecule has 8 nitrogen and oxygen atoms in total. The van der Waals surface area contributed by atoms with Crippen molar-refractivity contribution in [1.29, 1.82) is 0 Å². The van der Waals surface area contributed by atoms with Crippen molar-refractivity contribution in [3.05, 3.63) is 35.9 Å². The van der Waals surface area contributed by atoms with Crippen molar-refractivity contribution < 1.29 is 34.8 Å². The molecule has 1 aromatic carbocycles. The first-order valence-electron chi connectivity index (χ1n) is 6.50. The maximum atomic E-state index is 11.1. The molecule has 2 unspecified atom stereocenters. The molecule has 0 radical (unpaired) electrons. The van der Waals surface area contributed by atoms with Gasteiger partial charge in [0.1, 0.15) is 6.04 Å². The summed E-state index contributed by atoms with van der Waals surface area (Å²) in [5.41, 5.74) is 0.597. The smallest absolute Gasteiger partial charge is 0.332 e. The number of hydrogen-bond donors (Lipinski definition) is 5. The summed E-state index contributed by atoms with van der Waals surface area (Å²) in [5.74, 6) is -4.74. The highest BCUT2D eigenvalue weighted by Crippen LogP contribution is 2.19. The second kappa shape index (κ2) is 8.11. The minimum Gasteiger partial charge on any atom is -0.480 e. The lowest BCUT2D eigenvalue weighted by Crippen LogP contribution is -2.51. The highest BCUT2D eigenvalue weighted by atomic mass is 16.4. The summed E-state index contributed by atoms with van der Waals surface area (Å²) in [6.45, 7) is 0. The lowest BCUT2D eigenvalue weighted by molar-refractivity contribution is -0.152. The monoisotopic (exact) mass is 311 g/mol. The van der Waals surface area contributed by atoms with E-state index in [0.29, 0.717) is 5.56 Å². The van der Waals surface area contributed by atoms with Crippen LogP contribution in [0.3, 0.4) is 0 Å². The van der Waals surface area contributed by atoms with E-state index < -0.39 is 36.1 Å². The number of rotatable bonds is 9. The van der Waals surface area contributed by atoms with Gasteiger partial charge in [-0.1, -0.05) is 30.3 Å². The van der Waals surface area contributed by atoms with E-state index in [2.05, 4.69) is 0 Å². The van der Waals surface area contributed by atoms with Gasteiger partial charge in [0.2, 0.25) is 6.04 Å². The maximum absolute atomic E-state index is 11.1. The largest absolute Gasteiger partial charge is 0.480 e. The van der Waals surface area contributed by atoms with E-state index >= 15 is 0 Å². The number of aliphatic hydroxyl groups excluding tert-OH is 1. The summed E-state index contributed by atoms with van der Waals surface area (Å²) in [6, 6.07) is 5.14. The highest BCUT2D eigenvalue weighted by molar-refractivity contribution is 5.97. The van der Waals surface area contributed by atoms with Crippen LogP contribution in [0, 0.1) is 0 Å². The molecule has 8 heteroatoms. The predicted molar refractivity (Wildman–Crippen MR) is 74.3 cm³/mol. The Hall–Kier alpha value is -2.45. The number of carboxylic acids is 3. The average Bonchev–Trinajstić information content (AvgIpc) is 2.46. The van der Waals surface area contributed by atoms with E-state index in [0.717, 1.165) is 0 Å². The van der Waals surface area contributed by atoms with Gasteiger partial charge in [-0.25, -0.2) is 9.59 Å². The standard InChI is InChI=1S/C14H17NO7/c16-10(8-4-2-1-3-5-8)7-6-9(12(17)18)15-11(13(19)20)14(21)22/h1-5,9-11,15-16H,6-7H2,(H,17,18)(H,19,20)(H,21,22). The first kappa shape index (κ1) is 17.6. The Kier molecular flexibility index (Phi) is 6.48. The quantitative estimate of drug-likeness (QED) is 0.403. The van der Waals surface area contributed by atoms with Crippen LogP contribution in [0.15, 0.2) is 30.3 Å². The van der Waals surface area contributed by atoms with Crippen molar-refractivity contribution in [2.45, 2.75) is 31.0 Å². The molecule has 0 aliphatic carbocycles. The van der Waals surface area contributed by atoms with Crippen molar-refractivity contribution in [2.24, 2.45) is 0 Å². The third-order valence-electron chi connectivity index (χ3n) is 3.07.